The van der Waals surface area contributed by atoms with E-state index in [1.54, 1.807) is 24.3 Å². The first-order valence-corrected chi connectivity index (χ1v) is 11.7. The second-order valence-corrected chi connectivity index (χ2v) is 8.88. The summed E-state index contributed by atoms with van der Waals surface area (Å²) in [7, 11) is 1.24. The van der Waals surface area contributed by atoms with Crippen molar-refractivity contribution < 1.29 is 28.7 Å². The van der Waals surface area contributed by atoms with E-state index >= 15 is 0 Å². The first-order valence-electron chi connectivity index (χ1n) is 10.5. The molecule has 1 fully saturated rings. The quantitative estimate of drug-likeness (QED) is 0.251. The summed E-state index contributed by atoms with van der Waals surface area (Å²) < 4.78 is 11.3. The Kier molecular flexibility index (Phi) is 7.52. The SMILES string of the molecule is COC(=O)c1ccc(N2C(=O)NC(=O)/C(=C\c3cc(Br)ccc3OCc3ccccc3Cl)C2=O)cc1. The predicted molar refractivity (Wildman–Crippen MR) is 137 cm³/mol. The highest BCUT2D eigenvalue weighted by Gasteiger charge is 2.37. The number of carbonyl (C=O) groups is 4. The number of esters is 1. The number of carbonyl (C=O) groups excluding carboxylic acids is 4. The average Bonchev–Trinajstić information content (AvgIpc) is 2.86. The summed E-state index contributed by atoms with van der Waals surface area (Å²) >= 11 is 9.60. The van der Waals surface area contributed by atoms with E-state index in [0.717, 1.165) is 10.5 Å². The van der Waals surface area contributed by atoms with E-state index in [1.165, 1.54) is 37.5 Å². The molecule has 1 saturated heterocycles. The lowest BCUT2D eigenvalue weighted by atomic mass is 10.1. The number of imide groups is 2. The first-order chi connectivity index (χ1) is 17.3. The molecule has 1 N–H and O–H groups in total. The van der Waals surface area contributed by atoms with Gasteiger partial charge < -0.3 is 9.47 Å². The van der Waals surface area contributed by atoms with Gasteiger partial charge in [0.05, 0.1) is 18.4 Å². The van der Waals surface area contributed by atoms with E-state index in [0.29, 0.717) is 20.8 Å². The van der Waals surface area contributed by atoms with Crippen LogP contribution in [-0.2, 0) is 20.9 Å². The van der Waals surface area contributed by atoms with Gasteiger partial charge in [-0.1, -0.05) is 45.7 Å². The van der Waals surface area contributed by atoms with Gasteiger partial charge >= 0.3 is 12.0 Å². The van der Waals surface area contributed by atoms with E-state index in [4.69, 9.17) is 16.3 Å². The third-order valence-corrected chi connectivity index (χ3v) is 6.12. The number of hydrogen-bond acceptors (Lipinski definition) is 6. The normalized spacial score (nSPS) is 14.6. The van der Waals surface area contributed by atoms with E-state index in [9.17, 15) is 19.2 Å². The van der Waals surface area contributed by atoms with Crippen molar-refractivity contribution in [3.05, 3.63) is 98.5 Å². The van der Waals surface area contributed by atoms with Crippen LogP contribution in [0.3, 0.4) is 0 Å². The van der Waals surface area contributed by atoms with Gasteiger partial charge in [-0.15, -0.1) is 0 Å². The Hall–Kier alpha value is -3.95. The molecule has 0 aliphatic carbocycles. The Bertz CT molecular complexity index is 1400. The standard InChI is InChI=1S/C26H18BrClN2O6/c1-35-25(33)15-6-9-19(10-7-15)30-24(32)20(23(31)29-26(30)34)13-17-12-18(27)8-11-22(17)36-14-16-4-2-3-5-21(16)28/h2-13H,14H2,1H3,(H,29,31,34)/b20-13+. The lowest BCUT2D eigenvalue weighted by Gasteiger charge is -2.26. The molecule has 4 rings (SSSR count). The van der Waals surface area contributed by atoms with Gasteiger partial charge in [0.1, 0.15) is 17.9 Å². The van der Waals surface area contributed by atoms with E-state index < -0.39 is 23.8 Å². The minimum Gasteiger partial charge on any atom is -0.488 e. The summed E-state index contributed by atoms with van der Waals surface area (Å²) in [6.07, 6.45) is 1.35. The maximum absolute atomic E-state index is 13.3. The van der Waals surface area contributed by atoms with E-state index in [-0.39, 0.29) is 23.4 Å². The van der Waals surface area contributed by atoms with Gasteiger partial charge in [-0.25, -0.2) is 14.5 Å². The molecule has 0 radical (unpaired) electrons. The average molecular weight is 570 g/mol. The molecule has 1 aliphatic rings. The van der Waals surface area contributed by atoms with Crippen LogP contribution in [-0.4, -0.2) is 30.9 Å². The largest absolute Gasteiger partial charge is 0.488 e. The number of rotatable bonds is 6. The lowest BCUT2D eigenvalue weighted by Crippen LogP contribution is -2.54. The van der Waals surface area contributed by atoms with Crippen molar-refractivity contribution in [2.45, 2.75) is 6.61 Å². The smallest absolute Gasteiger partial charge is 0.337 e. The molecule has 4 amide bonds. The van der Waals surface area contributed by atoms with Gasteiger partial charge in [0, 0.05) is 20.6 Å². The van der Waals surface area contributed by atoms with Gasteiger partial charge in [0.15, 0.2) is 0 Å². The number of ether oxygens (including phenoxy) is 2. The second kappa shape index (κ2) is 10.8. The summed E-state index contributed by atoms with van der Waals surface area (Å²) in [6, 6.07) is 17.1. The lowest BCUT2D eigenvalue weighted by molar-refractivity contribution is -0.122. The Morgan fingerprint density at radius 1 is 1.06 bits per heavy atom. The molecular formula is C26H18BrClN2O6. The molecule has 1 aliphatic heterocycles. The fourth-order valence-corrected chi connectivity index (χ4v) is 4.02. The molecule has 0 atom stereocenters. The Morgan fingerprint density at radius 3 is 2.47 bits per heavy atom. The van der Waals surface area contributed by atoms with Crippen LogP contribution in [0.2, 0.25) is 5.02 Å². The Labute approximate surface area is 219 Å². The molecule has 1 heterocycles. The number of anilines is 1. The molecule has 0 unspecified atom stereocenters. The molecule has 10 heteroatoms. The van der Waals surface area contributed by atoms with Crippen molar-refractivity contribution in [2.75, 3.05) is 12.0 Å². The fourth-order valence-electron chi connectivity index (χ4n) is 3.45. The molecule has 0 aromatic heterocycles. The number of hydrogen-bond donors (Lipinski definition) is 1. The minimum atomic E-state index is -0.905. The summed E-state index contributed by atoms with van der Waals surface area (Å²) in [5, 5.41) is 2.72. The molecule has 0 spiro atoms. The predicted octanol–water partition coefficient (Wildman–Crippen LogP) is 5.13. The molecular weight excluding hydrogens is 552 g/mol. The number of urea groups is 1. The van der Waals surface area contributed by atoms with Gasteiger partial charge in [0.25, 0.3) is 11.8 Å². The number of nitrogens with one attached hydrogen (secondary N) is 1. The molecule has 36 heavy (non-hydrogen) atoms. The summed E-state index contributed by atoms with van der Waals surface area (Å²) in [5.74, 6) is -1.83. The van der Waals surface area contributed by atoms with Gasteiger partial charge in [-0.2, -0.15) is 0 Å². The third kappa shape index (κ3) is 5.32. The Morgan fingerprint density at radius 2 is 1.78 bits per heavy atom. The van der Waals surface area contributed by atoms with Crippen molar-refractivity contribution in [3.8, 4) is 5.75 Å². The summed E-state index contributed by atoms with van der Waals surface area (Å²) in [6.45, 7) is 0.161. The number of halogens is 2. The van der Waals surface area contributed by atoms with E-state index in [1.807, 2.05) is 18.2 Å². The van der Waals surface area contributed by atoms with Crippen LogP contribution in [0.4, 0.5) is 10.5 Å². The number of amides is 4. The highest BCUT2D eigenvalue weighted by atomic mass is 79.9. The topological polar surface area (TPSA) is 102 Å². The van der Waals surface area contributed by atoms with Crippen molar-refractivity contribution in [1.29, 1.82) is 0 Å². The van der Waals surface area contributed by atoms with Gasteiger partial charge in [-0.3, -0.25) is 14.9 Å². The molecule has 0 bridgehead atoms. The van der Waals surface area contributed by atoms with Crippen LogP contribution in [0.5, 0.6) is 5.75 Å². The summed E-state index contributed by atoms with van der Waals surface area (Å²) in [5.41, 5.74) is 1.34. The monoisotopic (exact) mass is 568 g/mol. The molecule has 8 nitrogen and oxygen atoms in total. The van der Waals surface area contributed by atoms with E-state index in [2.05, 4.69) is 26.0 Å². The van der Waals surface area contributed by atoms with Crippen molar-refractivity contribution in [1.82, 2.24) is 5.32 Å². The van der Waals surface area contributed by atoms with Crippen LogP contribution >= 0.6 is 27.5 Å². The molecule has 182 valence electrons. The van der Waals surface area contributed by atoms with Crippen LogP contribution in [0.15, 0.2) is 76.8 Å². The first kappa shape index (κ1) is 25.2. The van der Waals surface area contributed by atoms with Gasteiger partial charge in [0.2, 0.25) is 0 Å². The maximum atomic E-state index is 13.3. The number of methoxy groups -OCH3 is 1. The highest BCUT2D eigenvalue weighted by Crippen LogP contribution is 2.29. The molecule has 0 saturated carbocycles. The zero-order chi connectivity index (χ0) is 25.8. The maximum Gasteiger partial charge on any atom is 0.337 e. The molecule has 3 aromatic rings. The fraction of sp³-hybridized carbons (Fsp3) is 0.0769. The summed E-state index contributed by atoms with van der Waals surface area (Å²) in [4.78, 5) is 50.9. The van der Waals surface area contributed by atoms with Crippen LogP contribution in [0.25, 0.3) is 6.08 Å². The number of barbiturate groups is 1. The van der Waals surface area contributed by atoms with Crippen molar-refractivity contribution in [2.24, 2.45) is 0 Å². The highest BCUT2D eigenvalue weighted by molar-refractivity contribution is 9.10. The minimum absolute atomic E-state index is 0.161. The van der Waals surface area contributed by atoms with Gasteiger partial charge in [-0.05, 0) is 54.6 Å². The van der Waals surface area contributed by atoms with Crippen LogP contribution < -0.4 is 15.0 Å². The molecule has 3 aromatic carbocycles. The second-order valence-electron chi connectivity index (χ2n) is 7.56. The zero-order valence-corrected chi connectivity index (χ0v) is 21.1. The zero-order valence-electron chi connectivity index (χ0n) is 18.8. The number of nitrogens with zero attached hydrogens (tertiary/aromatic N) is 1. The van der Waals surface area contributed by atoms with Crippen LogP contribution in [0, 0.1) is 0 Å². The number of benzene rings is 3. The van der Waals surface area contributed by atoms with Crippen molar-refractivity contribution in [3.63, 3.8) is 0 Å². The Balaban J connectivity index is 1.66. The third-order valence-electron chi connectivity index (χ3n) is 5.26. The van der Waals surface area contributed by atoms with Crippen LogP contribution in [0.1, 0.15) is 21.5 Å². The van der Waals surface area contributed by atoms with Crippen molar-refractivity contribution >= 4 is 63.1 Å².